The van der Waals surface area contributed by atoms with Crippen LogP contribution in [0.25, 0.3) is 5.69 Å². The van der Waals surface area contributed by atoms with Gasteiger partial charge in [-0.2, -0.15) is 5.10 Å². The summed E-state index contributed by atoms with van der Waals surface area (Å²) in [5, 5.41) is 4.50. The molecule has 0 unspecified atom stereocenters. The lowest BCUT2D eigenvalue weighted by Gasteiger charge is -2.32. The molecule has 2 aromatic carbocycles. The smallest absolute Gasteiger partial charge is 0.118 e. The Kier molecular flexibility index (Phi) is 5.51. The molecule has 0 bridgehead atoms. The zero-order valence-corrected chi connectivity index (χ0v) is 15.6. The summed E-state index contributed by atoms with van der Waals surface area (Å²) in [6, 6.07) is 18.5. The zero-order valence-electron chi connectivity index (χ0n) is 15.6. The fourth-order valence-corrected chi connectivity index (χ4v) is 3.49. The lowest BCUT2D eigenvalue weighted by atomic mass is 10.1. The molecule has 0 aliphatic carbocycles. The highest BCUT2D eigenvalue weighted by molar-refractivity contribution is 5.31. The number of hydrogen-bond acceptors (Lipinski definition) is 4. The predicted octanol–water partition coefficient (Wildman–Crippen LogP) is 3.32. The van der Waals surface area contributed by atoms with E-state index in [1.54, 1.807) is 7.11 Å². The van der Waals surface area contributed by atoms with Crippen molar-refractivity contribution in [3.63, 3.8) is 0 Å². The SMILES string of the molecule is COc1ccc(C[C@H]2CN(Cc3cnn(-c4ccccc4)c3)CCO2)cc1. The molecule has 1 atom stereocenters. The Balaban J connectivity index is 1.35. The zero-order chi connectivity index (χ0) is 18.5. The van der Waals surface area contributed by atoms with Gasteiger partial charge in [0.1, 0.15) is 5.75 Å². The van der Waals surface area contributed by atoms with E-state index < -0.39 is 0 Å². The minimum atomic E-state index is 0.219. The van der Waals surface area contributed by atoms with Crippen LogP contribution < -0.4 is 4.74 Å². The van der Waals surface area contributed by atoms with Gasteiger partial charge in [-0.05, 0) is 36.2 Å². The molecule has 0 radical (unpaired) electrons. The van der Waals surface area contributed by atoms with E-state index in [1.165, 1.54) is 11.1 Å². The highest BCUT2D eigenvalue weighted by Crippen LogP contribution is 2.17. The fraction of sp³-hybridized carbons (Fsp3) is 0.318. The van der Waals surface area contributed by atoms with Crippen LogP contribution in [0.2, 0.25) is 0 Å². The minimum Gasteiger partial charge on any atom is -0.497 e. The first kappa shape index (κ1) is 17.8. The summed E-state index contributed by atoms with van der Waals surface area (Å²) in [7, 11) is 1.69. The van der Waals surface area contributed by atoms with E-state index in [4.69, 9.17) is 9.47 Å². The third-order valence-electron chi connectivity index (χ3n) is 4.91. The van der Waals surface area contributed by atoms with Crippen LogP contribution in [0.4, 0.5) is 0 Å². The Morgan fingerprint density at radius 1 is 1.07 bits per heavy atom. The lowest BCUT2D eigenvalue weighted by molar-refractivity contribution is -0.0305. The van der Waals surface area contributed by atoms with Crippen LogP contribution in [-0.4, -0.2) is 47.6 Å². The first-order valence-electron chi connectivity index (χ1n) is 9.36. The number of morpholine rings is 1. The highest BCUT2D eigenvalue weighted by Gasteiger charge is 2.21. The Morgan fingerprint density at radius 3 is 2.67 bits per heavy atom. The standard InChI is InChI=1S/C22H25N3O2/c1-26-21-9-7-18(8-10-21)13-22-17-24(11-12-27-22)15-19-14-23-25(16-19)20-5-3-2-4-6-20/h2-10,14,16,22H,11-13,15,17H2,1H3/t22-/m0/s1. The minimum absolute atomic E-state index is 0.219. The van der Waals surface area contributed by atoms with Crippen molar-refractivity contribution in [2.24, 2.45) is 0 Å². The van der Waals surface area contributed by atoms with Crippen molar-refractivity contribution in [3.8, 4) is 11.4 Å². The molecule has 5 nitrogen and oxygen atoms in total. The van der Waals surface area contributed by atoms with Crippen molar-refractivity contribution < 1.29 is 9.47 Å². The van der Waals surface area contributed by atoms with Crippen molar-refractivity contribution in [3.05, 3.63) is 78.1 Å². The Hall–Kier alpha value is -2.63. The Bertz CT molecular complexity index is 846. The second-order valence-electron chi connectivity index (χ2n) is 6.91. The summed E-state index contributed by atoms with van der Waals surface area (Å²) in [6.45, 7) is 3.56. The molecule has 27 heavy (non-hydrogen) atoms. The number of aromatic nitrogens is 2. The summed E-state index contributed by atoms with van der Waals surface area (Å²) in [4.78, 5) is 2.45. The Morgan fingerprint density at radius 2 is 1.89 bits per heavy atom. The van der Waals surface area contributed by atoms with E-state index in [0.29, 0.717) is 0 Å². The van der Waals surface area contributed by atoms with Crippen LogP contribution in [0, 0.1) is 0 Å². The molecule has 5 heteroatoms. The average molecular weight is 363 g/mol. The van der Waals surface area contributed by atoms with E-state index in [2.05, 4.69) is 40.5 Å². The number of hydrogen-bond donors (Lipinski definition) is 0. The van der Waals surface area contributed by atoms with Gasteiger partial charge in [-0.1, -0.05) is 30.3 Å². The summed E-state index contributed by atoms with van der Waals surface area (Å²) in [5.74, 6) is 0.889. The molecule has 0 spiro atoms. The van der Waals surface area contributed by atoms with Gasteiger partial charge in [0.15, 0.2) is 0 Å². The molecule has 0 saturated carbocycles. The number of ether oxygens (including phenoxy) is 2. The molecule has 1 aliphatic heterocycles. The maximum atomic E-state index is 5.99. The summed E-state index contributed by atoms with van der Waals surface area (Å²) < 4.78 is 13.2. The maximum Gasteiger partial charge on any atom is 0.118 e. The van der Waals surface area contributed by atoms with Crippen LogP contribution in [0.3, 0.4) is 0 Å². The number of nitrogens with zero attached hydrogens (tertiary/aromatic N) is 3. The molecule has 1 aliphatic rings. The summed E-state index contributed by atoms with van der Waals surface area (Å²) >= 11 is 0. The van der Waals surface area contributed by atoms with E-state index in [0.717, 1.165) is 44.1 Å². The summed E-state index contributed by atoms with van der Waals surface area (Å²) in [5.41, 5.74) is 3.59. The number of rotatable bonds is 6. The van der Waals surface area contributed by atoms with Crippen molar-refractivity contribution in [2.45, 2.75) is 19.1 Å². The molecule has 1 aromatic heterocycles. The maximum absolute atomic E-state index is 5.99. The van der Waals surface area contributed by atoms with Gasteiger partial charge in [0.2, 0.25) is 0 Å². The van der Waals surface area contributed by atoms with Crippen molar-refractivity contribution >= 4 is 0 Å². The van der Waals surface area contributed by atoms with Gasteiger partial charge in [-0.25, -0.2) is 4.68 Å². The van der Waals surface area contributed by atoms with Gasteiger partial charge in [0.25, 0.3) is 0 Å². The fourth-order valence-electron chi connectivity index (χ4n) is 3.49. The topological polar surface area (TPSA) is 39.5 Å². The molecule has 1 saturated heterocycles. The monoisotopic (exact) mass is 363 g/mol. The van der Waals surface area contributed by atoms with Crippen LogP contribution in [0.5, 0.6) is 5.75 Å². The highest BCUT2D eigenvalue weighted by atomic mass is 16.5. The van der Waals surface area contributed by atoms with Crippen LogP contribution in [0.1, 0.15) is 11.1 Å². The van der Waals surface area contributed by atoms with Crippen LogP contribution in [-0.2, 0) is 17.7 Å². The van der Waals surface area contributed by atoms with Gasteiger partial charge in [-0.15, -0.1) is 0 Å². The third kappa shape index (κ3) is 4.56. The Labute approximate surface area is 160 Å². The third-order valence-corrected chi connectivity index (χ3v) is 4.91. The first-order valence-corrected chi connectivity index (χ1v) is 9.36. The predicted molar refractivity (Wildman–Crippen MR) is 105 cm³/mol. The molecule has 4 rings (SSSR count). The molecular formula is C22H25N3O2. The van der Waals surface area contributed by atoms with E-state index in [-0.39, 0.29) is 6.10 Å². The molecular weight excluding hydrogens is 338 g/mol. The second-order valence-corrected chi connectivity index (χ2v) is 6.91. The first-order chi connectivity index (χ1) is 13.3. The molecule has 3 aromatic rings. The summed E-state index contributed by atoms with van der Waals surface area (Å²) in [6.07, 6.45) is 5.21. The molecule has 0 amide bonds. The van der Waals surface area contributed by atoms with Crippen molar-refractivity contribution in [1.82, 2.24) is 14.7 Å². The number of para-hydroxylation sites is 1. The van der Waals surface area contributed by atoms with E-state index in [9.17, 15) is 0 Å². The second kappa shape index (κ2) is 8.37. The van der Waals surface area contributed by atoms with Gasteiger partial charge in [0.05, 0.1) is 31.7 Å². The number of benzene rings is 2. The number of methoxy groups -OCH3 is 1. The van der Waals surface area contributed by atoms with Crippen molar-refractivity contribution in [1.29, 1.82) is 0 Å². The lowest BCUT2D eigenvalue weighted by Crippen LogP contribution is -2.42. The van der Waals surface area contributed by atoms with Crippen LogP contribution in [0.15, 0.2) is 67.0 Å². The largest absolute Gasteiger partial charge is 0.497 e. The molecule has 0 N–H and O–H groups in total. The van der Waals surface area contributed by atoms with Gasteiger partial charge >= 0.3 is 0 Å². The molecule has 1 fully saturated rings. The quantitative estimate of drug-likeness (QED) is 0.674. The average Bonchev–Trinajstić information content (AvgIpc) is 3.18. The van der Waals surface area contributed by atoms with Gasteiger partial charge in [0, 0.05) is 31.4 Å². The van der Waals surface area contributed by atoms with Gasteiger partial charge < -0.3 is 9.47 Å². The van der Waals surface area contributed by atoms with E-state index >= 15 is 0 Å². The van der Waals surface area contributed by atoms with Crippen LogP contribution >= 0.6 is 0 Å². The van der Waals surface area contributed by atoms with Gasteiger partial charge in [-0.3, -0.25) is 4.90 Å². The van der Waals surface area contributed by atoms with Crippen molar-refractivity contribution in [2.75, 3.05) is 26.8 Å². The normalized spacial score (nSPS) is 17.7. The molecule has 2 heterocycles. The van der Waals surface area contributed by atoms with E-state index in [1.807, 2.05) is 41.2 Å². The molecule has 140 valence electrons.